The van der Waals surface area contributed by atoms with Gasteiger partial charge in [-0.05, 0) is 36.1 Å². The Bertz CT molecular complexity index is 1070. The predicted molar refractivity (Wildman–Crippen MR) is 122 cm³/mol. The second-order valence-electron chi connectivity index (χ2n) is 8.30. The summed E-state index contributed by atoms with van der Waals surface area (Å²) in [6, 6.07) is 9.27. The van der Waals surface area contributed by atoms with Gasteiger partial charge in [0.2, 0.25) is 0 Å². The molecule has 0 amide bonds. The molecule has 0 bridgehead atoms. The summed E-state index contributed by atoms with van der Waals surface area (Å²) in [5.74, 6) is 0.759. The fourth-order valence-electron chi connectivity index (χ4n) is 3.03. The standard InChI is InChI=1S/C23H29N3O4S/c1-6-7-10-30-15-11-17(23(2,3)4)22(28)20(12-15)26-24-18-9-8-16(13-19(18)25-26)31-14-21(27)29-5/h8-9,11-13,28H,6-7,10,14H2,1-5H3. The Balaban J connectivity index is 1.99. The number of aromatic hydroxyl groups is 1. The number of unbranched alkanes of at least 4 members (excludes halogenated alkanes) is 1. The minimum Gasteiger partial charge on any atom is -0.505 e. The number of fused-ring (bicyclic) bond motifs is 1. The highest BCUT2D eigenvalue weighted by molar-refractivity contribution is 8.00. The van der Waals surface area contributed by atoms with Crippen molar-refractivity contribution >= 4 is 28.8 Å². The number of ether oxygens (including phenoxy) is 2. The number of hydrogen-bond acceptors (Lipinski definition) is 7. The first kappa shape index (κ1) is 22.9. The Morgan fingerprint density at radius 2 is 1.90 bits per heavy atom. The van der Waals surface area contributed by atoms with Crippen LogP contribution in [0.4, 0.5) is 0 Å². The lowest BCUT2D eigenvalue weighted by atomic mass is 9.86. The van der Waals surface area contributed by atoms with Crippen LogP contribution in [0.15, 0.2) is 35.2 Å². The van der Waals surface area contributed by atoms with Gasteiger partial charge in [-0.25, -0.2) is 0 Å². The average molecular weight is 444 g/mol. The molecule has 8 heteroatoms. The number of carbonyl (C=O) groups is 1. The van der Waals surface area contributed by atoms with Crippen LogP contribution in [0.3, 0.4) is 0 Å². The second kappa shape index (κ2) is 9.60. The van der Waals surface area contributed by atoms with Crippen molar-refractivity contribution in [1.82, 2.24) is 15.0 Å². The molecule has 0 atom stereocenters. The van der Waals surface area contributed by atoms with E-state index in [0.717, 1.165) is 23.3 Å². The summed E-state index contributed by atoms with van der Waals surface area (Å²) < 4.78 is 10.6. The van der Waals surface area contributed by atoms with Gasteiger partial charge in [-0.1, -0.05) is 34.1 Å². The van der Waals surface area contributed by atoms with E-state index in [-0.39, 0.29) is 22.9 Å². The zero-order valence-corrected chi connectivity index (χ0v) is 19.5. The van der Waals surface area contributed by atoms with E-state index in [1.54, 1.807) is 6.07 Å². The van der Waals surface area contributed by atoms with E-state index >= 15 is 0 Å². The van der Waals surface area contributed by atoms with Gasteiger partial charge in [0.05, 0.1) is 19.5 Å². The highest BCUT2D eigenvalue weighted by Gasteiger charge is 2.24. The van der Waals surface area contributed by atoms with Crippen LogP contribution >= 0.6 is 11.8 Å². The fraction of sp³-hybridized carbons (Fsp3) is 0.435. The minimum atomic E-state index is -0.284. The summed E-state index contributed by atoms with van der Waals surface area (Å²) in [6.45, 7) is 8.85. The second-order valence-corrected chi connectivity index (χ2v) is 9.34. The number of rotatable bonds is 8. The molecule has 1 heterocycles. The first-order valence-corrected chi connectivity index (χ1v) is 11.3. The molecule has 166 valence electrons. The predicted octanol–water partition coefficient (Wildman–Crippen LogP) is 4.87. The van der Waals surface area contributed by atoms with Gasteiger partial charge >= 0.3 is 5.97 Å². The van der Waals surface area contributed by atoms with Crippen molar-refractivity contribution in [1.29, 1.82) is 0 Å². The lowest BCUT2D eigenvalue weighted by molar-refractivity contribution is -0.137. The number of esters is 1. The topological polar surface area (TPSA) is 86.5 Å². The van der Waals surface area contributed by atoms with Crippen LogP contribution in [0.5, 0.6) is 11.5 Å². The Morgan fingerprint density at radius 1 is 1.16 bits per heavy atom. The number of aromatic nitrogens is 3. The van der Waals surface area contributed by atoms with E-state index in [1.807, 2.05) is 45.0 Å². The van der Waals surface area contributed by atoms with Gasteiger partial charge in [0.1, 0.15) is 28.2 Å². The molecular weight excluding hydrogens is 414 g/mol. The van der Waals surface area contributed by atoms with Crippen molar-refractivity contribution < 1.29 is 19.4 Å². The van der Waals surface area contributed by atoms with Crippen molar-refractivity contribution in [2.24, 2.45) is 0 Å². The summed E-state index contributed by atoms with van der Waals surface area (Å²) in [5, 5.41) is 20.1. The molecule has 0 fully saturated rings. The van der Waals surface area contributed by atoms with Gasteiger partial charge in [-0.15, -0.1) is 26.8 Å². The molecule has 1 N–H and O–H groups in total. The van der Waals surface area contributed by atoms with E-state index in [4.69, 9.17) is 4.74 Å². The summed E-state index contributed by atoms with van der Waals surface area (Å²) in [5.41, 5.74) is 2.32. The van der Waals surface area contributed by atoms with E-state index in [1.165, 1.54) is 23.7 Å². The SMILES string of the molecule is CCCCOc1cc(-n2nc3ccc(SCC(=O)OC)cc3n2)c(O)c(C(C)(C)C)c1. The Labute approximate surface area is 186 Å². The van der Waals surface area contributed by atoms with Crippen molar-refractivity contribution in [3.63, 3.8) is 0 Å². The smallest absolute Gasteiger partial charge is 0.315 e. The lowest BCUT2D eigenvalue weighted by Gasteiger charge is -2.23. The van der Waals surface area contributed by atoms with Gasteiger partial charge in [0.25, 0.3) is 0 Å². The van der Waals surface area contributed by atoms with Crippen molar-refractivity contribution in [2.75, 3.05) is 19.5 Å². The maximum Gasteiger partial charge on any atom is 0.315 e. The average Bonchev–Trinajstić information content (AvgIpc) is 3.15. The molecule has 0 unspecified atom stereocenters. The molecule has 1 aromatic heterocycles. The van der Waals surface area contributed by atoms with E-state index < -0.39 is 0 Å². The maximum absolute atomic E-state index is 11.4. The molecule has 2 aromatic carbocycles. The van der Waals surface area contributed by atoms with Crippen LogP contribution in [0.25, 0.3) is 16.7 Å². The van der Waals surface area contributed by atoms with Gasteiger partial charge in [-0.2, -0.15) is 0 Å². The molecule has 0 saturated carbocycles. The summed E-state index contributed by atoms with van der Waals surface area (Å²) in [7, 11) is 1.37. The molecule has 0 radical (unpaired) electrons. The zero-order chi connectivity index (χ0) is 22.6. The largest absolute Gasteiger partial charge is 0.505 e. The van der Waals surface area contributed by atoms with Crippen LogP contribution in [-0.4, -0.2) is 45.5 Å². The third kappa shape index (κ3) is 5.50. The third-order valence-electron chi connectivity index (χ3n) is 4.79. The zero-order valence-electron chi connectivity index (χ0n) is 18.6. The number of phenols is 1. The maximum atomic E-state index is 11.4. The summed E-state index contributed by atoms with van der Waals surface area (Å²) >= 11 is 1.37. The molecule has 3 aromatic rings. The minimum absolute atomic E-state index is 0.135. The fourth-order valence-corrected chi connectivity index (χ4v) is 3.79. The number of hydrogen-bond donors (Lipinski definition) is 1. The highest BCUT2D eigenvalue weighted by atomic mass is 32.2. The number of carbonyl (C=O) groups excluding carboxylic acids is 1. The third-order valence-corrected chi connectivity index (χ3v) is 5.76. The molecule has 3 rings (SSSR count). The molecule has 0 spiro atoms. The molecule has 31 heavy (non-hydrogen) atoms. The molecular formula is C23H29N3O4S. The normalized spacial score (nSPS) is 11.6. The van der Waals surface area contributed by atoms with Gasteiger partial charge in [0, 0.05) is 16.5 Å². The van der Waals surface area contributed by atoms with E-state index in [9.17, 15) is 9.90 Å². The number of phenolic OH excluding ortho intramolecular Hbond substituents is 1. The number of nitrogens with zero attached hydrogens (tertiary/aromatic N) is 3. The van der Waals surface area contributed by atoms with Gasteiger partial charge in [-0.3, -0.25) is 4.79 Å². The van der Waals surface area contributed by atoms with Gasteiger partial charge in [0.15, 0.2) is 0 Å². The first-order chi connectivity index (χ1) is 14.7. The van der Waals surface area contributed by atoms with Crippen molar-refractivity contribution in [3.05, 3.63) is 35.9 Å². The summed E-state index contributed by atoms with van der Waals surface area (Å²) in [4.78, 5) is 13.7. The highest BCUT2D eigenvalue weighted by Crippen LogP contribution is 2.38. The van der Waals surface area contributed by atoms with E-state index in [0.29, 0.717) is 29.1 Å². The number of benzene rings is 2. The number of thioether (sulfide) groups is 1. The molecule has 0 aliphatic heterocycles. The van der Waals surface area contributed by atoms with Crippen molar-refractivity contribution in [2.45, 2.75) is 50.8 Å². The lowest BCUT2D eigenvalue weighted by Crippen LogP contribution is -2.14. The molecule has 0 aliphatic rings. The Morgan fingerprint density at radius 3 is 2.58 bits per heavy atom. The van der Waals surface area contributed by atoms with Crippen LogP contribution in [0.1, 0.15) is 46.1 Å². The Kier molecular flexibility index (Phi) is 7.10. The molecule has 7 nitrogen and oxygen atoms in total. The van der Waals surface area contributed by atoms with Crippen LogP contribution in [0, 0.1) is 0 Å². The quantitative estimate of drug-likeness (QED) is 0.302. The van der Waals surface area contributed by atoms with E-state index in [2.05, 4.69) is 21.9 Å². The monoisotopic (exact) mass is 443 g/mol. The van der Waals surface area contributed by atoms with Crippen LogP contribution in [0.2, 0.25) is 0 Å². The Hall–Kier alpha value is -2.74. The first-order valence-electron chi connectivity index (χ1n) is 10.3. The summed E-state index contributed by atoms with van der Waals surface area (Å²) in [6.07, 6.45) is 2.00. The van der Waals surface area contributed by atoms with Gasteiger partial charge < -0.3 is 14.6 Å². The van der Waals surface area contributed by atoms with Crippen LogP contribution < -0.4 is 4.74 Å². The number of methoxy groups -OCH3 is 1. The van der Waals surface area contributed by atoms with Crippen LogP contribution in [-0.2, 0) is 14.9 Å². The molecule has 0 aliphatic carbocycles. The molecule has 0 saturated heterocycles. The van der Waals surface area contributed by atoms with Crippen molar-refractivity contribution in [3.8, 4) is 17.2 Å².